The summed E-state index contributed by atoms with van der Waals surface area (Å²) in [7, 11) is 3.12. The Kier molecular flexibility index (Phi) is 9.19. The van der Waals surface area contributed by atoms with Crippen LogP contribution in [-0.4, -0.2) is 43.5 Å². The monoisotopic (exact) mass is 500 g/mol. The number of halogens is 2. The van der Waals surface area contributed by atoms with Gasteiger partial charge in [0.15, 0.2) is 6.61 Å². The molecule has 178 valence electrons. The van der Waals surface area contributed by atoms with Gasteiger partial charge in [-0.1, -0.05) is 59.6 Å². The summed E-state index contributed by atoms with van der Waals surface area (Å²) in [5.41, 5.74) is 1.60. The van der Waals surface area contributed by atoms with Gasteiger partial charge in [0.1, 0.15) is 17.5 Å². The summed E-state index contributed by atoms with van der Waals surface area (Å²) in [5, 5.41) is 3.58. The zero-order valence-electron chi connectivity index (χ0n) is 19.0. The van der Waals surface area contributed by atoms with Gasteiger partial charge in [-0.15, -0.1) is 0 Å². The van der Waals surface area contributed by atoms with Crippen molar-refractivity contribution in [1.29, 1.82) is 0 Å². The number of amides is 2. The SMILES string of the molecule is CNC(=O)[C@@H](Cc1ccccc1)N(Cc1ccc(Cl)cc1Cl)C(=O)COc1ccc(OC)cc1. The van der Waals surface area contributed by atoms with E-state index < -0.39 is 6.04 Å². The lowest BCUT2D eigenvalue weighted by atomic mass is 10.0. The second kappa shape index (κ2) is 12.3. The summed E-state index contributed by atoms with van der Waals surface area (Å²) < 4.78 is 10.9. The Bertz CT molecular complexity index is 1110. The molecule has 1 N–H and O–H groups in total. The van der Waals surface area contributed by atoms with E-state index in [1.807, 2.05) is 30.3 Å². The lowest BCUT2D eigenvalue weighted by Crippen LogP contribution is -2.51. The van der Waals surface area contributed by atoms with Gasteiger partial charge in [0.2, 0.25) is 5.91 Å². The number of hydrogen-bond donors (Lipinski definition) is 1. The molecule has 0 aromatic heterocycles. The van der Waals surface area contributed by atoms with Crippen LogP contribution in [0.4, 0.5) is 0 Å². The molecule has 3 aromatic rings. The number of methoxy groups -OCH3 is 1. The van der Waals surface area contributed by atoms with Crippen molar-refractivity contribution >= 4 is 35.0 Å². The van der Waals surface area contributed by atoms with Crippen LogP contribution in [-0.2, 0) is 22.6 Å². The minimum atomic E-state index is -0.772. The number of carbonyl (C=O) groups excluding carboxylic acids is 2. The van der Waals surface area contributed by atoms with Crippen molar-refractivity contribution in [3.63, 3.8) is 0 Å². The van der Waals surface area contributed by atoms with Crippen molar-refractivity contribution in [2.45, 2.75) is 19.0 Å². The zero-order valence-corrected chi connectivity index (χ0v) is 20.5. The Balaban J connectivity index is 1.88. The number of carbonyl (C=O) groups is 2. The van der Waals surface area contributed by atoms with E-state index >= 15 is 0 Å². The molecule has 34 heavy (non-hydrogen) atoms. The minimum Gasteiger partial charge on any atom is -0.497 e. The highest BCUT2D eigenvalue weighted by atomic mass is 35.5. The van der Waals surface area contributed by atoms with Crippen LogP contribution in [0.3, 0.4) is 0 Å². The molecule has 3 rings (SSSR count). The number of likely N-dealkylation sites (N-methyl/N-ethyl adjacent to an activating group) is 1. The predicted octanol–water partition coefficient (Wildman–Crippen LogP) is 4.77. The largest absolute Gasteiger partial charge is 0.497 e. The first-order chi connectivity index (χ1) is 16.4. The fraction of sp³-hybridized carbons (Fsp3) is 0.231. The fourth-order valence-corrected chi connectivity index (χ4v) is 3.92. The second-order valence-electron chi connectivity index (χ2n) is 7.54. The van der Waals surface area contributed by atoms with E-state index in [4.69, 9.17) is 32.7 Å². The van der Waals surface area contributed by atoms with Crippen molar-refractivity contribution in [3.8, 4) is 11.5 Å². The summed E-state index contributed by atoms with van der Waals surface area (Å²) >= 11 is 12.4. The van der Waals surface area contributed by atoms with E-state index in [0.29, 0.717) is 33.5 Å². The minimum absolute atomic E-state index is 0.117. The summed E-state index contributed by atoms with van der Waals surface area (Å²) in [4.78, 5) is 27.8. The first-order valence-corrected chi connectivity index (χ1v) is 11.4. The van der Waals surface area contributed by atoms with Crippen LogP contribution in [0.25, 0.3) is 0 Å². The lowest BCUT2D eigenvalue weighted by molar-refractivity contribution is -0.142. The standard InChI is InChI=1S/C26H26Cl2N2O4/c1-29-26(32)24(14-18-6-4-3-5-7-18)30(16-19-8-9-20(27)15-23(19)28)25(31)17-34-22-12-10-21(33-2)11-13-22/h3-13,15,24H,14,16-17H2,1-2H3,(H,29,32)/t24-/m1/s1. The molecule has 0 heterocycles. The molecule has 6 nitrogen and oxygen atoms in total. The molecule has 0 unspecified atom stereocenters. The first-order valence-electron chi connectivity index (χ1n) is 10.7. The van der Waals surface area contributed by atoms with Gasteiger partial charge in [-0.3, -0.25) is 9.59 Å². The van der Waals surface area contributed by atoms with Crippen LogP contribution in [0.15, 0.2) is 72.8 Å². The molecule has 8 heteroatoms. The molecule has 1 atom stereocenters. The van der Waals surface area contributed by atoms with Crippen LogP contribution >= 0.6 is 23.2 Å². The van der Waals surface area contributed by atoms with Gasteiger partial charge in [0.25, 0.3) is 5.91 Å². The highest BCUT2D eigenvalue weighted by Crippen LogP contribution is 2.24. The van der Waals surface area contributed by atoms with Crippen LogP contribution < -0.4 is 14.8 Å². The Hall–Kier alpha value is -3.22. The quantitative estimate of drug-likeness (QED) is 0.435. The number of nitrogens with zero attached hydrogens (tertiary/aromatic N) is 1. The molecule has 0 bridgehead atoms. The average molecular weight is 501 g/mol. The van der Waals surface area contributed by atoms with Crippen molar-refractivity contribution in [3.05, 3.63) is 94.0 Å². The third-order valence-electron chi connectivity index (χ3n) is 5.30. The van der Waals surface area contributed by atoms with Gasteiger partial charge in [0, 0.05) is 30.1 Å². The maximum absolute atomic E-state index is 13.4. The van der Waals surface area contributed by atoms with Crippen molar-refractivity contribution in [2.24, 2.45) is 0 Å². The first kappa shape index (κ1) is 25.4. The third kappa shape index (κ3) is 6.89. The number of nitrogens with one attached hydrogen (secondary N) is 1. The average Bonchev–Trinajstić information content (AvgIpc) is 2.86. The van der Waals surface area contributed by atoms with Crippen LogP contribution in [0.1, 0.15) is 11.1 Å². The Morgan fingerprint density at radius 3 is 2.26 bits per heavy atom. The fourth-order valence-electron chi connectivity index (χ4n) is 3.45. The highest BCUT2D eigenvalue weighted by molar-refractivity contribution is 6.35. The maximum Gasteiger partial charge on any atom is 0.261 e. The van der Waals surface area contributed by atoms with E-state index in [1.54, 1.807) is 56.6 Å². The van der Waals surface area contributed by atoms with E-state index in [2.05, 4.69) is 5.32 Å². The second-order valence-corrected chi connectivity index (χ2v) is 8.38. The third-order valence-corrected chi connectivity index (χ3v) is 5.88. The molecule has 0 fully saturated rings. The number of benzene rings is 3. The van der Waals surface area contributed by atoms with Gasteiger partial charge < -0.3 is 19.7 Å². The topological polar surface area (TPSA) is 67.9 Å². The summed E-state index contributed by atoms with van der Waals surface area (Å²) in [6, 6.07) is 20.7. The van der Waals surface area contributed by atoms with Crippen molar-refractivity contribution < 1.29 is 19.1 Å². The van der Waals surface area contributed by atoms with E-state index in [-0.39, 0.29) is 25.0 Å². The molecule has 0 radical (unpaired) electrons. The molecular formula is C26H26Cl2N2O4. The molecule has 0 aliphatic carbocycles. The van der Waals surface area contributed by atoms with Gasteiger partial charge in [-0.2, -0.15) is 0 Å². The molecule has 0 saturated heterocycles. The molecule has 0 spiro atoms. The lowest BCUT2D eigenvalue weighted by Gasteiger charge is -2.31. The van der Waals surface area contributed by atoms with Gasteiger partial charge in [-0.05, 0) is 47.5 Å². The smallest absolute Gasteiger partial charge is 0.261 e. The number of hydrogen-bond acceptors (Lipinski definition) is 4. The zero-order chi connectivity index (χ0) is 24.5. The summed E-state index contributed by atoms with van der Waals surface area (Å²) in [6.07, 6.45) is 0.333. The van der Waals surface area contributed by atoms with Crippen LogP contribution in [0.2, 0.25) is 10.0 Å². The maximum atomic E-state index is 13.4. The van der Waals surface area contributed by atoms with Gasteiger partial charge >= 0.3 is 0 Å². The molecule has 0 aliphatic rings. The van der Waals surface area contributed by atoms with Gasteiger partial charge in [0.05, 0.1) is 7.11 Å². The van der Waals surface area contributed by atoms with Crippen LogP contribution in [0.5, 0.6) is 11.5 Å². The number of rotatable bonds is 10. The predicted molar refractivity (Wildman–Crippen MR) is 134 cm³/mol. The summed E-state index contributed by atoms with van der Waals surface area (Å²) in [5.74, 6) is 0.552. The molecule has 0 aliphatic heterocycles. The van der Waals surface area contributed by atoms with Gasteiger partial charge in [-0.25, -0.2) is 0 Å². The molecule has 2 amide bonds. The van der Waals surface area contributed by atoms with Crippen LogP contribution in [0, 0.1) is 0 Å². The molecule has 0 saturated carbocycles. The Labute approximate surface area is 209 Å². The van der Waals surface area contributed by atoms with Crippen molar-refractivity contribution in [2.75, 3.05) is 20.8 Å². The normalized spacial score (nSPS) is 11.4. The van der Waals surface area contributed by atoms with E-state index in [1.165, 1.54) is 4.90 Å². The Morgan fingerprint density at radius 1 is 0.971 bits per heavy atom. The van der Waals surface area contributed by atoms with E-state index in [9.17, 15) is 9.59 Å². The molecule has 3 aromatic carbocycles. The van der Waals surface area contributed by atoms with E-state index in [0.717, 1.165) is 5.56 Å². The highest BCUT2D eigenvalue weighted by Gasteiger charge is 2.30. The van der Waals surface area contributed by atoms with Crippen molar-refractivity contribution in [1.82, 2.24) is 10.2 Å². The molecular weight excluding hydrogens is 475 g/mol. The summed E-state index contributed by atoms with van der Waals surface area (Å²) in [6.45, 7) is -0.133. The number of ether oxygens (including phenoxy) is 2. The Morgan fingerprint density at radius 2 is 1.65 bits per heavy atom.